The fourth-order valence-electron chi connectivity index (χ4n) is 1.70. The van der Waals surface area contributed by atoms with Crippen LogP contribution in [0.15, 0.2) is 23.4 Å². The second kappa shape index (κ2) is 5.12. The molecule has 1 atom stereocenters. The SMILES string of the molecule is CC1(C)OCC(CNS(=O)(=O)c2ncccc2F)O1. The minimum absolute atomic E-state index is 0.00176. The molecular weight excluding hydrogens is 275 g/mol. The van der Waals surface area contributed by atoms with E-state index in [4.69, 9.17) is 9.47 Å². The molecule has 0 aromatic carbocycles. The first-order valence-corrected chi connectivity index (χ1v) is 7.20. The van der Waals surface area contributed by atoms with Crippen LogP contribution in [0.1, 0.15) is 13.8 Å². The number of hydrogen-bond acceptors (Lipinski definition) is 5. The van der Waals surface area contributed by atoms with Gasteiger partial charge in [0.15, 0.2) is 11.6 Å². The maximum absolute atomic E-state index is 13.4. The molecule has 1 N–H and O–H groups in total. The first kappa shape index (κ1) is 14.3. The number of halogens is 1. The largest absolute Gasteiger partial charge is 0.348 e. The van der Waals surface area contributed by atoms with Crippen molar-refractivity contribution in [2.75, 3.05) is 13.2 Å². The lowest BCUT2D eigenvalue weighted by Crippen LogP contribution is -2.35. The molecule has 1 unspecified atom stereocenters. The smallest absolute Gasteiger partial charge is 0.261 e. The lowest BCUT2D eigenvalue weighted by atomic mass is 10.4. The van der Waals surface area contributed by atoms with Crippen LogP contribution in [0.4, 0.5) is 4.39 Å². The van der Waals surface area contributed by atoms with Crippen LogP contribution in [-0.2, 0) is 19.5 Å². The van der Waals surface area contributed by atoms with Gasteiger partial charge in [0.2, 0.25) is 5.03 Å². The second-order valence-electron chi connectivity index (χ2n) is 4.59. The molecule has 1 saturated heterocycles. The average Bonchev–Trinajstić information content (AvgIpc) is 2.67. The highest BCUT2D eigenvalue weighted by Gasteiger charge is 2.33. The van der Waals surface area contributed by atoms with Crippen LogP contribution in [0.2, 0.25) is 0 Å². The number of hydrogen-bond donors (Lipinski definition) is 1. The number of nitrogens with zero attached hydrogens (tertiary/aromatic N) is 1. The zero-order chi connectivity index (χ0) is 14.1. The van der Waals surface area contributed by atoms with E-state index >= 15 is 0 Å². The summed E-state index contributed by atoms with van der Waals surface area (Å²) in [4.78, 5) is 3.53. The van der Waals surface area contributed by atoms with Crippen molar-refractivity contribution in [2.45, 2.75) is 30.8 Å². The highest BCUT2D eigenvalue weighted by molar-refractivity contribution is 7.89. The zero-order valence-electron chi connectivity index (χ0n) is 10.6. The van der Waals surface area contributed by atoms with Gasteiger partial charge in [-0.05, 0) is 26.0 Å². The molecule has 0 saturated carbocycles. The lowest BCUT2D eigenvalue weighted by molar-refractivity contribution is -0.137. The fraction of sp³-hybridized carbons (Fsp3) is 0.545. The van der Waals surface area contributed by atoms with Crippen LogP contribution in [0.3, 0.4) is 0 Å². The third-order valence-corrected chi connectivity index (χ3v) is 3.90. The number of sulfonamides is 1. The molecule has 8 heteroatoms. The maximum Gasteiger partial charge on any atom is 0.261 e. The highest BCUT2D eigenvalue weighted by Crippen LogP contribution is 2.22. The quantitative estimate of drug-likeness (QED) is 0.881. The fourth-order valence-corrected chi connectivity index (χ4v) is 2.77. The van der Waals surface area contributed by atoms with Gasteiger partial charge in [0.05, 0.1) is 12.7 Å². The van der Waals surface area contributed by atoms with Crippen LogP contribution >= 0.6 is 0 Å². The van der Waals surface area contributed by atoms with E-state index in [2.05, 4.69) is 9.71 Å². The molecule has 0 bridgehead atoms. The Balaban J connectivity index is 2.02. The molecule has 0 amide bonds. The molecular formula is C11H15FN2O4S. The van der Waals surface area contributed by atoms with Gasteiger partial charge in [-0.25, -0.2) is 22.5 Å². The molecule has 1 fully saturated rings. The lowest BCUT2D eigenvalue weighted by Gasteiger charge is -2.17. The van der Waals surface area contributed by atoms with E-state index in [1.165, 1.54) is 12.3 Å². The van der Waals surface area contributed by atoms with Gasteiger partial charge >= 0.3 is 0 Å². The van der Waals surface area contributed by atoms with E-state index in [-0.39, 0.29) is 13.2 Å². The minimum Gasteiger partial charge on any atom is -0.348 e. The van der Waals surface area contributed by atoms with E-state index < -0.39 is 32.8 Å². The summed E-state index contributed by atoms with van der Waals surface area (Å²) < 4.78 is 50.1. The highest BCUT2D eigenvalue weighted by atomic mass is 32.2. The van der Waals surface area contributed by atoms with E-state index in [1.807, 2.05) is 0 Å². The van der Waals surface area contributed by atoms with Crippen molar-refractivity contribution < 1.29 is 22.3 Å². The number of rotatable bonds is 4. The van der Waals surface area contributed by atoms with Crippen LogP contribution in [0, 0.1) is 5.82 Å². The Bertz CT molecular complexity index is 562. The Morgan fingerprint density at radius 1 is 1.58 bits per heavy atom. The first-order chi connectivity index (χ1) is 8.80. The first-order valence-electron chi connectivity index (χ1n) is 5.72. The summed E-state index contributed by atoms with van der Waals surface area (Å²) in [6, 6.07) is 2.37. The average molecular weight is 290 g/mol. The van der Waals surface area contributed by atoms with E-state index in [0.29, 0.717) is 0 Å². The topological polar surface area (TPSA) is 77.5 Å². The molecule has 6 nitrogen and oxygen atoms in total. The maximum atomic E-state index is 13.4. The second-order valence-corrected chi connectivity index (χ2v) is 6.28. The van der Waals surface area contributed by atoms with Crippen LogP contribution in [0.5, 0.6) is 0 Å². The van der Waals surface area contributed by atoms with Gasteiger partial charge in [0, 0.05) is 12.7 Å². The van der Waals surface area contributed by atoms with Crippen molar-refractivity contribution in [1.82, 2.24) is 9.71 Å². The summed E-state index contributed by atoms with van der Waals surface area (Å²) in [5.41, 5.74) is 0. The Morgan fingerprint density at radius 3 is 2.89 bits per heavy atom. The summed E-state index contributed by atoms with van der Waals surface area (Å²) in [6.45, 7) is 3.75. The normalized spacial score (nSPS) is 22.6. The van der Waals surface area contributed by atoms with Crippen molar-refractivity contribution in [1.29, 1.82) is 0 Å². The summed E-state index contributed by atoms with van der Waals surface area (Å²) in [6.07, 6.45) is 0.812. The van der Waals surface area contributed by atoms with Gasteiger partial charge in [-0.2, -0.15) is 0 Å². The van der Waals surface area contributed by atoms with Crippen molar-refractivity contribution in [2.24, 2.45) is 0 Å². The molecule has 1 aliphatic heterocycles. The van der Waals surface area contributed by atoms with Gasteiger partial charge in [-0.1, -0.05) is 0 Å². The molecule has 2 heterocycles. The Morgan fingerprint density at radius 2 is 2.32 bits per heavy atom. The molecule has 1 aliphatic rings. The number of nitrogens with one attached hydrogen (secondary N) is 1. The van der Waals surface area contributed by atoms with Gasteiger partial charge in [-0.3, -0.25) is 0 Å². The van der Waals surface area contributed by atoms with E-state index in [0.717, 1.165) is 6.07 Å². The summed E-state index contributed by atoms with van der Waals surface area (Å²) >= 11 is 0. The van der Waals surface area contributed by atoms with Gasteiger partial charge in [-0.15, -0.1) is 0 Å². The number of pyridine rings is 1. The van der Waals surface area contributed by atoms with Crippen LogP contribution in [0.25, 0.3) is 0 Å². The molecule has 19 heavy (non-hydrogen) atoms. The predicted molar refractivity (Wildman–Crippen MR) is 64.3 cm³/mol. The standard InChI is InChI=1S/C11H15FN2O4S/c1-11(2)17-7-8(18-11)6-14-19(15,16)10-9(12)4-3-5-13-10/h3-5,8,14H,6-7H2,1-2H3. The molecule has 1 aromatic rings. The van der Waals surface area contributed by atoms with Crippen molar-refractivity contribution in [3.63, 3.8) is 0 Å². The molecule has 1 aromatic heterocycles. The number of ether oxygens (including phenoxy) is 2. The van der Waals surface area contributed by atoms with E-state index in [9.17, 15) is 12.8 Å². The van der Waals surface area contributed by atoms with Crippen molar-refractivity contribution in [3.05, 3.63) is 24.1 Å². The monoisotopic (exact) mass is 290 g/mol. The third-order valence-electron chi connectivity index (χ3n) is 2.55. The molecule has 0 radical (unpaired) electrons. The number of aromatic nitrogens is 1. The molecule has 0 aliphatic carbocycles. The Kier molecular flexibility index (Phi) is 3.86. The van der Waals surface area contributed by atoms with Crippen LogP contribution < -0.4 is 4.72 Å². The zero-order valence-corrected chi connectivity index (χ0v) is 11.4. The molecule has 106 valence electrons. The molecule has 2 rings (SSSR count). The minimum atomic E-state index is -3.99. The van der Waals surface area contributed by atoms with Gasteiger partial charge < -0.3 is 9.47 Å². The van der Waals surface area contributed by atoms with Gasteiger partial charge in [0.1, 0.15) is 0 Å². The Labute approximate surface area is 111 Å². The summed E-state index contributed by atoms with van der Waals surface area (Å²) in [5.74, 6) is -1.62. The van der Waals surface area contributed by atoms with Crippen molar-refractivity contribution in [3.8, 4) is 0 Å². The van der Waals surface area contributed by atoms with Crippen LogP contribution in [-0.4, -0.2) is 38.4 Å². The van der Waals surface area contributed by atoms with E-state index in [1.54, 1.807) is 13.8 Å². The third kappa shape index (κ3) is 3.47. The Hall–Kier alpha value is -1.09. The van der Waals surface area contributed by atoms with Crippen molar-refractivity contribution >= 4 is 10.0 Å². The summed E-state index contributed by atoms with van der Waals surface area (Å²) in [5, 5.41) is -0.617. The summed E-state index contributed by atoms with van der Waals surface area (Å²) in [7, 11) is -3.99. The predicted octanol–water partition coefficient (Wildman–Crippen LogP) is 0.651. The van der Waals surface area contributed by atoms with Gasteiger partial charge in [0.25, 0.3) is 10.0 Å². The molecule has 0 spiro atoms.